The molecular weight excluding hydrogens is 254 g/mol. The summed E-state index contributed by atoms with van der Waals surface area (Å²) in [6, 6.07) is 0.784. The number of hydrazine groups is 1. The van der Waals surface area contributed by atoms with Crippen LogP contribution in [0.25, 0.3) is 0 Å². The average Bonchev–Trinajstić information content (AvgIpc) is 2.95. The Labute approximate surface area is 122 Å². The van der Waals surface area contributed by atoms with Crippen molar-refractivity contribution in [3.63, 3.8) is 0 Å². The fourth-order valence-electron chi connectivity index (χ4n) is 3.21. The first-order valence-corrected chi connectivity index (χ1v) is 7.77. The van der Waals surface area contributed by atoms with Crippen molar-refractivity contribution in [2.45, 2.75) is 44.7 Å². The van der Waals surface area contributed by atoms with Crippen molar-refractivity contribution >= 4 is 5.96 Å². The van der Waals surface area contributed by atoms with Crippen LogP contribution in [0.3, 0.4) is 0 Å². The van der Waals surface area contributed by atoms with Gasteiger partial charge in [-0.1, -0.05) is 6.42 Å². The van der Waals surface area contributed by atoms with Gasteiger partial charge < -0.3 is 9.64 Å². The summed E-state index contributed by atoms with van der Waals surface area (Å²) in [5.74, 6) is 6.44. The molecule has 2 aliphatic heterocycles. The number of hydrogen-bond donors (Lipinski definition) is 2. The predicted octanol–water partition coefficient (Wildman–Crippen LogP) is 0.401. The van der Waals surface area contributed by atoms with E-state index in [1.807, 2.05) is 6.92 Å². The van der Waals surface area contributed by atoms with Gasteiger partial charge in [0.2, 0.25) is 5.96 Å². The van der Waals surface area contributed by atoms with Crippen LogP contribution < -0.4 is 11.3 Å². The number of nitrogens with one attached hydrogen (secondary N) is 1. The van der Waals surface area contributed by atoms with Crippen molar-refractivity contribution < 1.29 is 4.74 Å². The first kappa shape index (κ1) is 15.5. The molecule has 0 aliphatic carbocycles. The second-order valence-electron chi connectivity index (χ2n) is 5.89. The minimum absolute atomic E-state index is 0.125. The van der Waals surface area contributed by atoms with E-state index in [2.05, 4.69) is 20.2 Å². The van der Waals surface area contributed by atoms with E-state index in [1.54, 1.807) is 7.11 Å². The number of likely N-dealkylation sites (tertiary alicyclic amines) is 2. The Morgan fingerprint density at radius 2 is 2.10 bits per heavy atom. The van der Waals surface area contributed by atoms with Crippen LogP contribution in [0.2, 0.25) is 0 Å². The molecule has 0 aromatic carbocycles. The number of methoxy groups -OCH3 is 1. The Kier molecular flexibility index (Phi) is 6.06. The van der Waals surface area contributed by atoms with Crippen LogP contribution in [0.1, 0.15) is 32.6 Å². The normalized spacial score (nSPS) is 26.9. The van der Waals surface area contributed by atoms with Gasteiger partial charge in [-0.15, -0.1) is 0 Å². The van der Waals surface area contributed by atoms with Crippen molar-refractivity contribution in [1.29, 1.82) is 0 Å². The Hall–Kier alpha value is -0.850. The highest BCUT2D eigenvalue weighted by Crippen LogP contribution is 2.20. The lowest BCUT2D eigenvalue weighted by molar-refractivity contribution is 0.168. The number of nitrogens with zero attached hydrogens (tertiary/aromatic N) is 3. The molecule has 2 fully saturated rings. The Balaban J connectivity index is 1.89. The monoisotopic (exact) mass is 283 g/mol. The highest BCUT2D eigenvalue weighted by atomic mass is 16.5. The van der Waals surface area contributed by atoms with Gasteiger partial charge in [0.1, 0.15) is 0 Å². The minimum atomic E-state index is 0.125. The molecular formula is C14H29N5O. The molecule has 3 N–H and O–H groups in total. The number of aliphatic imine (C=N–C) groups is 1. The summed E-state index contributed by atoms with van der Waals surface area (Å²) >= 11 is 0. The van der Waals surface area contributed by atoms with Gasteiger partial charge in [0.05, 0.1) is 12.6 Å². The molecule has 2 aliphatic rings. The molecule has 6 nitrogen and oxygen atoms in total. The van der Waals surface area contributed by atoms with E-state index in [0.717, 1.165) is 19.0 Å². The third-order valence-electron chi connectivity index (χ3n) is 4.25. The summed E-state index contributed by atoms with van der Waals surface area (Å²) in [4.78, 5) is 9.51. The molecule has 116 valence electrons. The zero-order valence-electron chi connectivity index (χ0n) is 12.8. The summed E-state index contributed by atoms with van der Waals surface area (Å²) in [6.07, 6.45) is 5.28. The van der Waals surface area contributed by atoms with Crippen LogP contribution in [-0.4, -0.2) is 67.7 Å². The maximum absolute atomic E-state index is 5.64. The fourth-order valence-corrected chi connectivity index (χ4v) is 3.21. The lowest BCUT2D eigenvalue weighted by Crippen LogP contribution is -2.47. The number of hydrogen-bond acceptors (Lipinski definition) is 4. The molecule has 0 saturated carbocycles. The fraction of sp³-hybridized carbons (Fsp3) is 0.929. The third kappa shape index (κ3) is 4.07. The topological polar surface area (TPSA) is 66.1 Å². The van der Waals surface area contributed by atoms with Gasteiger partial charge in [-0.3, -0.25) is 10.3 Å². The molecule has 2 heterocycles. The van der Waals surface area contributed by atoms with E-state index in [0.29, 0.717) is 12.6 Å². The zero-order chi connectivity index (χ0) is 14.4. The Morgan fingerprint density at radius 1 is 1.35 bits per heavy atom. The van der Waals surface area contributed by atoms with Crippen molar-refractivity contribution in [1.82, 2.24) is 15.2 Å². The molecule has 2 unspecified atom stereocenters. The van der Waals surface area contributed by atoms with Crippen LogP contribution in [0, 0.1) is 0 Å². The van der Waals surface area contributed by atoms with Crippen LogP contribution in [0.15, 0.2) is 4.99 Å². The Morgan fingerprint density at radius 3 is 2.75 bits per heavy atom. The summed E-state index contributed by atoms with van der Waals surface area (Å²) < 4.78 is 5.13. The van der Waals surface area contributed by atoms with Gasteiger partial charge in [-0.05, 0) is 39.3 Å². The largest absolute Gasteiger partial charge is 0.382 e. The van der Waals surface area contributed by atoms with E-state index in [4.69, 9.17) is 10.6 Å². The molecule has 20 heavy (non-hydrogen) atoms. The Bertz CT molecular complexity index is 317. The first-order valence-electron chi connectivity index (χ1n) is 7.77. The van der Waals surface area contributed by atoms with Gasteiger partial charge >= 0.3 is 0 Å². The zero-order valence-corrected chi connectivity index (χ0v) is 12.8. The van der Waals surface area contributed by atoms with Crippen LogP contribution in [0.5, 0.6) is 0 Å². The molecule has 2 rings (SSSR count). The maximum Gasteiger partial charge on any atom is 0.208 e. The van der Waals surface area contributed by atoms with Crippen molar-refractivity contribution in [2.75, 3.05) is 39.9 Å². The number of ether oxygens (including phenoxy) is 1. The van der Waals surface area contributed by atoms with E-state index in [9.17, 15) is 0 Å². The maximum atomic E-state index is 5.64. The summed E-state index contributed by atoms with van der Waals surface area (Å²) in [6.45, 7) is 7.22. The van der Waals surface area contributed by atoms with Crippen LogP contribution >= 0.6 is 0 Å². The van der Waals surface area contributed by atoms with E-state index in [1.165, 1.54) is 38.8 Å². The molecule has 0 bridgehead atoms. The van der Waals surface area contributed by atoms with Crippen molar-refractivity contribution in [2.24, 2.45) is 10.8 Å². The third-order valence-corrected chi connectivity index (χ3v) is 4.25. The lowest BCUT2D eigenvalue weighted by atomic mass is 10.1. The second-order valence-corrected chi connectivity index (χ2v) is 5.89. The van der Waals surface area contributed by atoms with Crippen LogP contribution in [-0.2, 0) is 4.74 Å². The van der Waals surface area contributed by atoms with E-state index < -0.39 is 0 Å². The van der Waals surface area contributed by atoms with Crippen LogP contribution in [0.4, 0.5) is 0 Å². The highest BCUT2D eigenvalue weighted by molar-refractivity contribution is 5.79. The SMILES string of the molecule is COCC(C)N=C(NN)N1CCC(N2CCCCC2)C1. The molecule has 2 atom stereocenters. The quantitative estimate of drug-likeness (QED) is 0.338. The second kappa shape index (κ2) is 7.81. The van der Waals surface area contributed by atoms with Crippen molar-refractivity contribution in [3.05, 3.63) is 0 Å². The standard InChI is InChI=1S/C14H29N5O/c1-12(11-20-2)16-14(17-15)19-9-6-13(10-19)18-7-4-3-5-8-18/h12-13H,3-11,15H2,1-2H3,(H,16,17). The number of rotatable bonds is 4. The number of nitrogens with two attached hydrogens (primary N) is 1. The molecule has 0 radical (unpaired) electrons. The average molecular weight is 283 g/mol. The van der Waals surface area contributed by atoms with Gasteiger partial charge in [-0.25, -0.2) is 10.8 Å². The van der Waals surface area contributed by atoms with Gasteiger partial charge in [-0.2, -0.15) is 0 Å². The molecule has 6 heteroatoms. The molecule has 0 amide bonds. The smallest absolute Gasteiger partial charge is 0.208 e. The molecule has 0 spiro atoms. The summed E-state index contributed by atoms with van der Waals surface area (Å²) in [7, 11) is 1.70. The number of guanidine groups is 1. The van der Waals surface area contributed by atoms with E-state index >= 15 is 0 Å². The summed E-state index contributed by atoms with van der Waals surface area (Å²) in [5.41, 5.74) is 2.76. The predicted molar refractivity (Wildman–Crippen MR) is 81.5 cm³/mol. The van der Waals surface area contributed by atoms with Crippen molar-refractivity contribution in [3.8, 4) is 0 Å². The number of piperidine rings is 1. The highest BCUT2D eigenvalue weighted by Gasteiger charge is 2.30. The summed E-state index contributed by atoms with van der Waals surface area (Å²) in [5, 5.41) is 0. The molecule has 0 aromatic heterocycles. The first-order chi connectivity index (χ1) is 9.74. The van der Waals surface area contributed by atoms with Gasteiger partial charge in [0, 0.05) is 26.2 Å². The van der Waals surface area contributed by atoms with Gasteiger partial charge in [0.25, 0.3) is 0 Å². The molecule has 2 saturated heterocycles. The lowest BCUT2D eigenvalue weighted by Gasteiger charge is -2.32. The van der Waals surface area contributed by atoms with E-state index in [-0.39, 0.29) is 6.04 Å². The molecule has 0 aromatic rings. The minimum Gasteiger partial charge on any atom is -0.382 e. The van der Waals surface area contributed by atoms with Gasteiger partial charge in [0.15, 0.2) is 0 Å².